The van der Waals surface area contributed by atoms with Crippen molar-refractivity contribution in [2.24, 2.45) is 0 Å². The molecule has 4 heterocycles. The predicted octanol–water partition coefficient (Wildman–Crippen LogP) is 23.8. The molecule has 21 rings (SSSR count). The fourth-order valence-electron chi connectivity index (χ4n) is 17.6. The molecule has 5 nitrogen and oxygen atoms in total. The van der Waals surface area contributed by atoms with Crippen molar-refractivity contribution >= 4 is 76.2 Å². The van der Waals surface area contributed by atoms with Gasteiger partial charge < -0.3 is 13.7 Å². The van der Waals surface area contributed by atoms with E-state index in [1.165, 1.54) is 127 Å². The lowest BCUT2D eigenvalue weighted by Crippen LogP contribution is -2.15. The SMILES string of the molecule is CC1(C)c2ccccc2-c2ccc(-n3c4ccccc4c4ccc(-c5ccc6c(c5)c5cc(-c7ccc8c9ccccc9n(-c9ccc%10c(c9)C(C)(C)c9ccccc9-%10)c8c7)ccc5n6-c5cccc(-c6nc(-c7ccccc7)c7c(n6)-c6cccc8cccc-7c68)c5)cc43)cc21. The Kier molecular flexibility index (Phi) is 11.0. The molecule has 14 aromatic carbocycles. The number of fused-ring (bicyclic) bond motifs is 18. The molecule has 4 aromatic heterocycles. The van der Waals surface area contributed by atoms with E-state index in [-0.39, 0.29) is 10.8 Å². The second kappa shape index (κ2) is 19.7. The summed E-state index contributed by atoms with van der Waals surface area (Å²) in [5.41, 5.74) is 32.8. The first-order chi connectivity index (χ1) is 47.6. The molecule has 0 unspecified atom stereocenters. The Hall–Kier alpha value is -12.2. The first-order valence-corrected chi connectivity index (χ1v) is 33.9. The first-order valence-electron chi connectivity index (χ1n) is 33.9. The molecule has 0 radical (unpaired) electrons. The second-order valence-electron chi connectivity index (χ2n) is 28.0. The molecule has 0 bridgehead atoms. The normalized spacial score (nSPS) is 13.7. The van der Waals surface area contributed by atoms with E-state index >= 15 is 0 Å². The quantitative estimate of drug-likeness (QED) is 0.160. The Balaban J connectivity index is 0.753. The number of para-hydroxylation sites is 2. The molecule has 0 saturated heterocycles. The minimum atomic E-state index is -0.132. The van der Waals surface area contributed by atoms with Crippen LogP contribution in [0.5, 0.6) is 0 Å². The van der Waals surface area contributed by atoms with Gasteiger partial charge in [-0.2, -0.15) is 0 Å². The van der Waals surface area contributed by atoms with Gasteiger partial charge in [0.15, 0.2) is 5.82 Å². The van der Waals surface area contributed by atoms with Gasteiger partial charge in [0, 0.05) is 82.5 Å². The summed E-state index contributed by atoms with van der Waals surface area (Å²) < 4.78 is 7.43. The molecular weight excluding hydrogens is 1180 g/mol. The average Bonchev–Trinajstić information content (AvgIpc) is 1.60. The molecule has 0 atom stereocenters. The van der Waals surface area contributed by atoms with E-state index in [0.29, 0.717) is 5.82 Å². The van der Waals surface area contributed by atoms with Crippen LogP contribution in [0, 0.1) is 0 Å². The van der Waals surface area contributed by atoms with Crippen LogP contribution in [-0.4, -0.2) is 23.7 Å². The third-order valence-electron chi connectivity index (χ3n) is 22.2. The highest BCUT2D eigenvalue weighted by Crippen LogP contribution is 2.54. The third-order valence-corrected chi connectivity index (χ3v) is 22.2. The lowest BCUT2D eigenvalue weighted by Gasteiger charge is -2.22. The van der Waals surface area contributed by atoms with E-state index < -0.39 is 0 Å². The number of hydrogen-bond acceptors (Lipinski definition) is 2. The van der Waals surface area contributed by atoms with Gasteiger partial charge in [0.25, 0.3) is 0 Å². The predicted molar refractivity (Wildman–Crippen MR) is 404 cm³/mol. The molecule has 0 aliphatic heterocycles. The van der Waals surface area contributed by atoms with Gasteiger partial charge in [-0.15, -0.1) is 0 Å². The molecule has 3 aliphatic rings. The zero-order chi connectivity index (χ0) is 64.2. The molecular formula is C92H61N5. The van der Waals surface area contributed by atoms with Crippen LogP contribution < -0.4 is 0 Å². The van der Waals surface area contributed by atoms with Crippen molar-refractivity contribution in [1.82, 2.24) is 23.7 Å². The van der Waals surface area contributed by atoms with E-state index in [1.54, 1.807) is 0 Å². The average molecular weight is 1240 g/mol. The molecule has 454 valence electrons. The van der Waals surface area contributed by atoms with E-state index in [2.05, 4.69) is 339 Å². The van der Waals surface area contributed by atoms with Crippen molar-refractivity contribution in [3.63, 3.8) is 0 Å². The van der Waals surface area contributed by atoms with E-state index in [4.69, 9.17) is 9.97 Å². The molecule has 97 heavy (non-hydrogen) atoms. The highest BCUT2D eigenvalue weighted by atomic mass is 15.0. The van der Waals surface area contributed by atoms with Crippen LogP contribution in [0.25, 0.3) is 183 Å². The molecule has 0 saturated carbocycles. The van der Waals surface area contributed by atoms with Gasteiger partial charge in [0.2, 0.25) is 0 Å². The molecule has 0 amide bonds. The fourth-order valence-corrected chi connectivity index (χ4v) is 17.6. The maximum Gasteiger partial charge on any atom is 0.160 e. The lowest BCUT2D eigenvalue weighted by molar-refractivity contribution is 0.660. The Labute approximate surface area is 561 Å². The molecule has 0 N–H and O–H groups in total. The van der Waals surface area contributed by atoms with Crippen molar-refractivity contribution in [3.8, 4) is 107 Å². The Bertz CT molecular complexity index is 6220. The van der Waals surface area contributed by atoms with Crippen LogP contribution >= 0.6 is 0 Å². The third kappa shape index (κ3) is 7.59. The van der Waals surface area contributed by atoms with Gasteiger partial charge in [0.05, 0.1) is 44.5 Å². The Morgan fingerprint density at radius 1 is 0.247 bits per heavy atom. The van der Waals surface area contributed by atoms with Gasteiger partial charge in [-0.05, 0) is 168 Å². The maximum absolute atomic E-state index is 5.55. The molecule has 0 fully saturated rings. The Morgan fingerprint density at radius 2 is 0.670 bits per heavy atom. The van der Waals surface area contributed by atoms with E-state index in [1.807, 2.05) is 0 Å². The van der Waals surface area contributed by atoms with Crippen molar-refractivity contribution < 1.29 is 0 Å². The van der Waals surface area contributed by atoms with Gasteiger partial charge in [-0.3, -0.25) is 0 Å². The summed E-state index contributed by atoms with van der Waals surface area (Å²) in [4.78, 5) is 11.1. The molecule has 5 heteroatoms. The first kappa shape index (κ1) is 54.2. The monoisotopic (exact) mass is 1240 g/mol. The number of aromatic nitrogens is 5. The molecule has 0 spiro atoms. The summed E-state index contributed by atoms with van der Waals surface area (Å²) in [6.07, 6.45) is 0. The highest BCUT2D eigenvalue weighted by molar-refractivity contribution is 6.18. The molecule has 18 aromatic rings. The van der Waals surface area contributed by atoms with Crippen LogP contribution in [0.4, 0.5) is 0 Å². The summed E-state index contributed by atoms with van der Waals surface area (Å²) in [6.45, 7) is 9.48. The minimum Gasteiger partial charge on any atom is -0.309 e. The largest absolute Gasteiger partial charge is 0.309 e. The smallest absolute Gasteiger partial charge is 0.160 e. The number of nitrogens with zero attached hydrogens (tertiary/aromatic N) is 5. The van der Waals surface area contributed by atoms with E-state index in [9.17, 15) is 0 Å². The summed E-state index contributed by atoms with van der Waals surface area (Å²) in [5.74, 6) is 0.692. The van der Waals surface area contributed by atoms with Gasteiger partial charge >= 0.3 is 0 Å². The topological polar surface area (TPSA) is 40.6 Å². The van der Waals surface area contributed by atoms with Crippen molar-refractivity contribution in [2.75, 3.05) is 0 Å². The van der Waals surface area contributed by atoms with Crippen LogP contribution in [0.1, 0.15) is 49.9 Å². The number of hydrogen-bond donors (Lipinski definition) is 0. The standard InChI is InChI=1S/C92H61N5/c1-91(2)76-31-12-8-25-64(76)66-43-39-62(52-78(66)91)96-80-33-14-10-27-68(80)70-41-35-58(50-84(70)96)56-37-45-82-74(48-56)75-49-57(59-36-42-71-69-28-11-15-34-81(69)97(85(71)51-59)63-40-44-67-65-26-9-13-32-77(65)92(3,4)79(67)53-63)38-46-83(75)95(82)61-24-16-23-60(47-61)90-93-88(55-19-6-5-7-20-55)87-72-29-17-21-54-22-18-30-73(86(54)72)89(87)94-90/h5-53H,1-4H3. The van der Waals surface area contributed by atoms with Gasteiger partial charge in [0.1, 0.15) is 0 Å². The number of benzene rings is 14. The fraction of sp³-hybridized carbons (Fsp3) is 0.0652. The zero-order valence-electron chi connectivity index (χ0n) is 54.0. The lowest BCUT2D eigenvalue weighted by atomic mass is 9.82. The summed E-state index contributed by atoms with van der Waals surface area (Å²) in [6, 6.07) is 111. The zero-order valence-corrected chi connectivity index (χ0v) is 54.0. The molecule has 3 aliphatic carbocycles. The summed E-state index contributed by atoms with van der Waals surface area (Å²) in [7, 11) is 0. The van der Waals surface area contributed by atoms with Gasteiger partial charge in [-0.25, -0.2) is 9.97 Å². The van der Waals surface area contributed by atoms with E-state index in [0.717, 1.165) is 72.6 Å². The minimum absolute atomic E-state index is 0.132. The maximum atomic E-state index is 5.55. The van der Waals surface area contributed by atoms with Crippen molar-refractivity contribution in [3.05, 3.63) is 320 Å². The second-order valence-corrected chi connectivity index (χ2v) is 28.0. The van der Waals surface area contributed by atoms with Crippen LogP contribution in [0.2, 0.25) is 0 Å². The van der Waals surface area contributed by atoms with Crippen molar-refractivity contribution in [2.45, 2.75) is 38.5 Å². The Morgan fingerprint density at radius 3 is 1.26 bits per heavy atom. The van der Waals surface area contributed by atoms with Crippen LogP contribution in [-0.2, 0) is 10.8 Å². The van der Waals surface area contributed by atoms with Crippen LogP contribution in [0.3, 0.4) is 0 Å². The summed E-state index contributed by atoms with van der Waals surface area (Å²) in [5, 5.41) is 9.73. The van der Waals surface area contributed by atoms with Crippen molar-refractivity contribution in [1.29, 1.82) is 0 Å². The highest BCUT2D eigenvalue weighted by Gasteiger charge is 2.38. The van der Waals surface area contributed by atoms with Crippen LogP contribution in [0.15, 0.2) is 297 Å². The van der Waals surface area contributed by atoms with Gasteiger partial charge in [-0.1, -0.05) is 240 Å². The summed E-state index contributed by atoms with van der Waals surface area (Å²) >= 11 is 0. The number of rotatable bonds is 7.